The highest BCUT2D eigenvalue weighted by atomic mass is 32.2. The second kappa shape index (κ2) is 6.69. The van der Waals surface area contributed by atoms with Crippen molar-refractivity contribution in [3.63, 3.8) is 0 Å². The first kappa shape index (κ1) is 16.8. The van der Waals surface area contributed by atoms with Gasteiger partial charge in [0.1, 0.15) is 6.04 Å². The van der Waals surface area contributed by atoms with Crippen LogP contribution >= 0.6 is 0 Å². The van der Waals surface area contributed by atoms with E-state index in [1.54, 1.807) is 19.1 Å². The van der Waals surface area contributed by atoms with Crippen molar-refractivity contribution in [1.29, 1.82) is 0 Å². The summed E-state index contributed by atoms with van der Waals surface area (Å²) in [6.45, 7) is 3.57. The summed E-state index contributed by atoms with van der Waals surface area (Å²) < 4.78 is 25.5. The zero-order chi connectivity index (χ0) is 16.3. The fourth-order valence-electron chi connectivity index (χ4n) is 2.89. The Hall–Kier alpha value is -1.56. The zero-order valence-electron chi connectivity index (χ0n) is 13.4. The molecule has 0 spiro atoms. The van der Waals surface area contributed by atoms with Crippen molar-refractivity contribution in [2.24, 2.45) is 0 Å². The fourth-order valence-corrected chi connectivity index (χ4v) is 4.07. The summed E-state index contributed by atoms with van der Waals surface area (Å²) in [6, 6.07) is 6.56. The van der Waals surface area contributed by atoms with Gasteiger partial charge in [-0.3, -0.25) is 9.10 Å². The summed E-state index contributed by atoms with van der Waals surface area (Å²) in [5.74, 6) is -0.238. The van der Waals surface area contributed by atoms with Gasteiger partial charge in [0.05, 0.1) is 11.9 Å². The molecular weight excluding hydrogens is 300 g/mol. The van der Waals surface area contributed by atoms with Crippen LogP contribution in [0.25, 0.3) is 0 Å². The molecule has 5 nitrogen and oxygen atoms in total. The summed E-state index contributed by atoms with van der Waals surface area (Å²) in [4.78, 5) is 12.4. The van der Waals surface area contributed by atoms with Gasteiger partial charge in [0.2, 0.25) is 15.9 Å². The van der Waals surface area contributed by atoms with Crippen LogP contribution < -0.4 is 9.62 Å². The minimum Gasteiger partial charge on any atom is -0.352 e. The number of nitrogens with zero attached hydrogens (tertiary/aromatic N) is 1. The first-order valence-electron chi connectivity index (χ1n) is 7.65. The van der Waals surface area contributed by atoms with Crippen LogP contribution in [0.15, 0.2) is 24.3 Å². The van der Waals surface area contributed by atoms with E-state index >= 15 is 0 Å². The van der Waals surface area contributed by atoms with Gasteiger partial charge in [0, 0.05) is 6.04 Å². The number of benzene rings is 1. The SMILES string of the molecule is Cc1ccc(N([C@H](C)C(=O)NC2CCCC2)S(C)(=O)=O)cc1. The number of anilines is 1. The van der Waals surface area contributed by atoms with Crippen molar-refractivity contribution < 1.29 is 13.2 Å². The molecule has 0 heterocycles. The lowest BCUT2D eigenvalue weighted by Crippen LogP contribution is -2.49. The predicted octanol–water partition coefficient (Wildman–Crippen LogP) is 2.21. The van der Waals surface area contributed by atoms with Crippen molar-refractivity contribution in [2.75, 3.05) is 10.6 Å². The Labute approximate surface area is 132 Å². The lowest BCUT2D eigenvalue weighted by molar-refractivity contribution is -0.122. The minimum atomic E-state index is -3.54. The van der Waals surface area contributed by atoms with Crippen LogP contribution in [0.5, 0.6) is 0 Å². The van der Waals surface area contributed by atoms with Crippen molar-refractivity contribution >= 4 is 21.6 Å². The highest BCUT2D eigenvalue weighted by Crippen LogP contribution is 2.22. The third kappa shape index (κ3) is 4.00. The van der Waals surface area contributed by atoms with Crippen molar-refractivity contribution in [3.05, 3.63) is 29.8 Å². The van der Waals surface area contributed by atoms with E-state index in [-0.39, 0.29) is 11.9 Å². The van der Waals surface area contributed by atoms with E-state index in [0.29, 0.717) is 5.69 Å². The third-order valence-corrected chi connectivity index (χ3v) is 5.32. The zero-order valence-corrected chi connectivity index (χ0v) is 14.2. The van der Waals surface area contributed by atoms with Crippen LogP contribution in [0.1, 0.15) is 38.2 Å². The van der Waals surface area contributed by atoms with Crippen molar-refractivity contribution in [1.82, 2.24) is 5.32 Å². The second-order valence-electron chi connectivity index (χ2n) is 6.06. The van der Waals surface area contributed by atoms with Crippen LogP contribution in [0.4, 0.5) is 5.69 Å². The highest BCUT2D eigenvalue weighted by Gasteiger charge is 2.30. The summed E-state index contributed by atoms with van der Waals surface area (Å²) >= 11 is 0. The second-order valence-corrected chi connectivity index (χ2v) is 7.92. The van der Waals surface area contributed by atoms with Gasteiger partial charge in [0.15, 0.2) is 0 Å². The topological polar surface area (TPSA) is 66.5 Å². The molecule has 1 fully saturated rings. The van der Waals surface area contributed by atoms with Gasteiger partial charge in [-0.1, -0.05) is 30.5 Å². The maximum atomic E-state index is 12.4. The lowest BCUT2D eigenvalue weighted by Gasteiger charge is -2.29. The summed E-state index contributed by atoms with van der Waals surface area (Å²) in [5, 5.41) is 2.97. The van der Waals surface area contributed by atoms with Crippen molar-refractivity contribution in [3.8, 4) is 0 Å². The number of rotatable bonds is 5. The normalized spacial score (nSPS) is 17.2. The number of amides is 1. The highest BCUT2D eigenvalue weighted by molar-refractivity contribution is 7.92. The Kier molecular flexibility index (Phi) is 5.11. The van der Waals surface area contributed by atoms with E-state index in [2.05, 4.69) is 5.32 Å². The van der Waals surface area contributed by atoms with Gasteiger partial charge in [-0.2, -0.15) is 0 Å². The molecule has 0 bridgehead atoms. The molecule has 1 aliphatic rings. The molecule has 1 saturated carbocycles. The van der Waals surface area contributed by atoms with Crippen molar-refractivity contribution in [2.45, 2.75) is 51.6 Å². The third-order valence-electron chi connectivity index (χ3n) is 4.08. The molecule has 1 aliphatic carbocycles. The van der Waals surface area contributed by atoms with E-state index in [0.717, 1.165) is 37.5 Å². The van der Waals surface area contributed by atoms with E-state index in [4.69, 9.17) is 0 Å². The summed E-state index contributed by atoms with van der Waals surface area (Å²) in [5.41, 5.74) is 1.56. The Morgan fingerprint density at radius 2 is 1.77 bits per heavy atom. The summed E-state index contributed by atoms with van der Waals surface area (Å²) in [7, 11) is -3.54. The molecule has 1 aromatic carbocycles. The van der Waals surface area contributed by atoms with E-state index in [9.17, 15) is 13.2 Å². The monoisotopic (exact) mass is 324 g/mol. The predicted molar refractivity (Wildman–Crippen MR) is 88.4 cm³/mol. The smallest absolute Gasteiger partial charge is 0.243 e. The Morgan fingerprint density at radius 3 is 2.27 bits per heavy atom. The molecule has 2 rings (SSSR count). The van der Waals surface area contributed by atoms with Gasteiger partial charge in [-0.05, 0) is 38.8 Å². The molecule has 1 amide bonds. The molecule has 22 heavy (non-hydrogen) atoms. The number of nitrogens with one attached hydrogen (secondary N) is 1. The standard InChI is InChI=1S/C16H24N2O3S/c1-12-8-10-15(11-9-12)18(22(3,20)21)13(2)16(19)17-14-6-4-5-7-14/h8-11,13-14H,4-7H2,1-3H3,(H,17,19)/t13-/m1/s1. The molecule has 0 aliphatic heterocycles. The van der Waals surface area contributed by atoms with Crippen LogP contribution in [-0.4, -0.2) is 32.7 Å². The van der Waals surface area contributed by atoms with Gasteiger partial charge in [0.25, 0.3) is 0 Å². The molecule has 1 aromatic rings. The molecule has 0 aromatic heterocycles. The number of carbonyl (C=O) groups excluding carboxylic acids is 1. The van der Waals surface area contributed by atoms with Gasteiger partial charge in [-0.15, -0.1) is 0 Å². The van der Waals surface area contributed by atoms with Gasteiger partial charge < -0.3 is 5.32 Å². The number of aryl methyl sites for hydroxylation is 1. The van der Waals surface area contributed by atoms with E-state index in [1.165, 1.54) is 4.31 Å². The average Bonchev–Trinajstić information content (AvgIpc) is 2.92. The van der Waals surface area contributed by atoms with Crippen LogP contribution in [0.3, 0.4) is 0 Å². The number of hydrogen-bond donors (Lipinski definition) is 1. The molecule has 1 N–H and O–H groups in total. The minimum absolute atomic E-state index is 0.175. The lowest BCUT2D eigenvalue weighted by atomic mass is 10.2. The van der Waals surface area contributed by atoms with E-state index in [1.807, 2.05) is 19.1 Å². The molecular formula is C16H24N2O3S. The summed E-state index contributed by atoms with van der Waals surface area (Å²) in [6.07, 6.45) is 5.32. The Balaban J connectivity index is 2.21. The number of sulfonamides is 1. The van der Waals surface area contributed by atoms with Gasteiger partial charge >= 0.3 is 0 Å². The van der Waals surface area contributed by atoms with Crippen LogP contribution in [0.2, 0.25) is 0 Å². The van der Waals surface area contributed by atoms with Crippen LogP contribution in [0, 0.1) is 6.92 Å². The maximum absolute atomic E-state index is 12.4. The van der Waals surface area contributed by atoms with Crippen LogP contribution in [-0.2, 0) is 14.8 Å². The Morgan fingerprint density at radius 1 is 1.23 bits per heavy atom. The van der Waals surface area contributed by atoms with Gasteiger partial charge in [-0.25, -0.2) is 8.42 Å². The number of hydrogen-bond acceptors (Lipinski definition) is 3. The molecule has 6 heteroatoms. The first-order chi connectivity index (χ1) is 10.3. The molecule has 1 atom stereocenters. The molecule has 0 radical (unpaired) electrons. The Bertz CT molecular complexity index is 619. The average molecular weight is 324 g/mol. The maximum Gasteiger partial charge on any atom is 0.243 e. The fraction of sp³-hybridized carbons (Fsp3) is 0.562. The molecule has 122 valence electrons. The molecule has 0 saturated heterocycles. The molecule has 0 unspecified atom stereocenters. The number of carbonyl (C=O) groups is 1. The quantitative estimate of drug-likeness (QED) is 0.903. The largest absolute Gasteiger partial charge is 0.352 e. The van der Waals surface area contributed by atoms with E-state index < -0.39 is 16.1 Å². The first-order valence-corrected chi connectivity index (χ1v) is 9.50.